The molecule has 0 saturated heterocycles. The minimum Gasteiger partial charge on any atom is -0.496 e. The first-order valence-electron chi connectivity index (χ1n) is 8.43. The summed E-state index contributed by atoms with van der Waals surface area (Å²) < 4.78 is 5.50. The molecule has 0 saturated carbocycles. The van der Waals surface area contributed by atoms with Crippen LogP contribution in [0.2, 0.25) is 0 Å². The molecule has 0 bridgehead atoms. The molecule has 0 radical (unpaired) electrons. The van der Waals surface area contributed by atoms with Gasteiger partial charge in [0.05, 0.1) is 24.2 Å². The number of fused-ring (bicyclic) bond motifs is 1. The summed E-state index contributed by atoms with van der Waals surface area (Å²) >= 11 is 0. The van der Waals surface area contributed by atoms with Crippen molar-refractivity contribution in [2.75, 3.05) is 7.11 Å². The Kier molecular flexibility index (Phi) is 4.86. The first kappa shape index (κ1) is 16.5. The average Bonchev–Trinajstić information content (AvgIpc) is 3.02. The molecular formula is C20H25N3O. The zero-order valence-corrected chi connectivity index (χ0v) is 14.7. The lowest BCUT2D eigenvalue weighted by molar-refractivity contribution is 0.350. The molecule has 0 aliphatic carbocycles. The van der Waals surface area contributed by atoms with Gasteiger partial charge in [0.25, 0.3) is 0 Å². The molecule has 1 aromatic heterocycles. The fraction of sp³-hybridized carbons (Fsp3) is 0.350. The van der Waals surface area contributed by atoms with Crippen LogP contribution in [-0.4, -0.2) is 17.1 Å². The molecule has 2 aromatic carbocycles. The van der Waals surface area contributed by atoms with Gasteiger partial charge in [-0.2, -0.15) is 0 Å². The molecule has 126 valence electrons. The number of hydrogen-bond donors (Lipinski definition) is 2. The number of aromatic nitrogens is 2. The van der Waals surface area contributed by atoms with Gasteiger partial charge in [-0.15, -0.1) is 0 Å². The van der Waals surface area contributed by atoms with Crippen LogP contribution in [-0.2, 0) is 0 Å². The smallest absolute Gasteiger partial charge is 0.124 e. The Hall–Kier alpha value is -2.33. The monoisotopic (exact) mass is 323 g/mol. The third-order valence-corrected chi connectivity index (χ3v) is 4.40. The second-order valence-corrected chi connectivity index (χ2v) is 6.49. The quantitative estimate of drug-likeness (QED) is 0.696. The van der Waals surface area contributed by atoms with Crippen LogP contribution < -0.4 is 10.1 Å². The summed E-state index contributed by atoms with van der Waals surface area (Å²) in [6, 6.07) is 16.6. The Morgan fingerprint density at radius 2 is 1.71 bits per heavy atom. The molecule has 0 aliphatic heterocycles. The minimum atomic E-state index is 0.136. The summed E-state index contributed by atoms with van der Waals surface area (Å²) in [5, 5.41) is 3.71. The number of nitrogens with one attached hydrogen (secondary N) is 2. The van der Waals surface area contributed by atoms with Crippen LogP contribution in [0.3, 0.4) is 0 Å². The fourth-order valence-electron chi connectivity index (χ4n) is 3.09. The minimum absolute atomic E-state index is 0.136. The van der Waals surface area contributed by atoms with E-state index in [-0.39, 0.29) is 12.1 Å². The molecule has 3 rings (SSSR count). The Bertz CT molecular complexity index is 776. The van der Waals surface area contributed by atoms with Crippen LogP contribution in [0.15, 0.2) is 48.5 Å². The van der Waals surface area contributed by atoms with Crippen LogP contribution in [0.4, 0.5) is 0 Å². The molecule has 24 heavy (non-hydrogen) atoms. The number of imidazole rings is 1. The number of ether oxygens (including phenoxy) is 1. The number of nitrogens with zero attached hydrogens (tertiary/aromatic N) is 1. The molecule has 0 aliphatic rings. The van der Waals surface area contributed by atoms with Crippen molar-refractivity contribution in [1.29, 1.82) is 0 Å². The molecule has 3 aromatic rings. The number of aromatic amines is 1. The van der Waals surface area contributed by atoms with Gasteiger partial charge < -0.3 is 15.0 Å². The number of rotatable bonds is 6. The predicted molar refractivity (Wildman–Crippen MR) is 98.2 cm³/mol. The number of hydrogen-bond acceptors (Lipinski definition) is 3. The Morgan fingerprint density at radius 1 is 1.00 bits per heavy atom. The maximum atomic E-state index is 5.50. The van der Waals surface area contributed by atoms with Gasteiger partial charge in [0, 0.05) is 11.6 Å². The van der Waals surface area contributed by atoms with Crippen molar-refractivity contribution in [3.8, 4) is 5.75 Å². The molecule has 4 nitrogen and oxygen atoms in total. The molecular weight excluding hydrogens is 298 g/mol. The summed E-state index contributed by atoms with van der Waals surface area (Å²) in [5.41, 5.74) is 3.23. The first-order valence-corrected chi connectivity index (χ1v) is 8.43. The van der Waals surface area contributed by atoms with E-state index in [1.54, 1.807) is 7.11 Å². The van der Waals surface area contributed by atoms with E-state index in [1.807, 2.05) is 36.4 Å². The topological polar surface area (TPSA) is 49.9 Å². The lowest BCUT2D eigenvalue weighted by atomic mass is 10.00. The zero-order valence-electron chi connectivity index (χ0n) is 14.7. The van der Waals surface area contributed by atoms with Crippen molar-refractivity contribution in [1.82, 2.24) is 15.3 Å². The summed E-state index contributed by atoms with van der Waals surface area (Å²) in [6.07, 6.45) is 0. The number of benzene rings is 2. The first-order chi connectivity index (χ1) is 11.6. The highest BCUT2D eigenvalue weighted by Crippen LogP contribution is 2.29. The van der Waals surface area contributed by atoms with E-state index in [0.29, 0.717) is 5.92 Å². The molecule has 2 atom stereocenters. The lowest BCUT2D eigenvalue weighted by Gasteiger charge is -2.26. The van der Waals surface area contributed by atoms with Gasteiger partial charge in [-0.25, -0.2) is 4.98 Å². The highest BCUT2D eigenvalue weighted by atomic mass is 16.5. The van der Waals surface area contributed by atoms with Gasteiger partial charge in [-0.1, -0.05) is 44.2 Å². The van der Waals surface area contributed by atoms with E-state index < -0.39 is 0 Å². The summed E-state index contributed by atoms with van der Waals surface area (Å²) in [5.74, 6) is 2.29. The van der Waals surface area contributed by atoms with E-state index >= 15 is 0 Å². The summed E-state index contributed by atoms with van der Waals surface area (Å²) in [4.78, 5) is 8.23. The molecule has 2 N–H and O–H groups in total. The van der Waals surface area contributed by atoms with E-state index in [0.717, 1.165) is 28.2 Å². The number of para-hydroxylation sites is 3. The molecule has 4 heteroatoms. The molecule has 0 spiro atoms. The van der Waals surface area contributed by atoms with Gasteiger partial charge in [0.15, 0.2) is 0 Å². The van der Waals surface area contributed by atoms with E-state index in [2.05, 4.69) is 43.2 Å². The van der Waals surface area contributed by atoms with Crippen LogP contribution in [0, 0.1) is 5.92 Å². The lowest BCUT2D eigenvalue weighted by Crippen LogP contribution is -2.29. The third-order valence-electron chi connectivity index (χ3n) is 4.40. The molecule has 1 heterocycles. The summed E-state index contributed by atoms with van der Waals surface area (Å²) in [6.45, 7) is 6.58. The van der Waals surface area contributed by atoms with Crippen molar-refractivity contribution in [2.45, 2.75) is 32.9 Å². The maximum Gasteiger partial charge on any atom is 0.124 e. The second kappa shape index (κ2) is 7.05. The van der Waals surface area contributed by atoms with Crippen LogP contribution in [0.1, 0.15) is 44.2 Å². The Morgan fingerprint density at radius 3 is 2.42 bits per heavy atom. The average molecular weight is 323 g/mol. The maximum absolute atomic E-state index is 5.50. The highest BCUT2D eigenvalue weighted by molar-refractivity contribution is 5.74. The molecule has 0 unspecified atom stereocenters. The number of methoxy groups -OCH3 is 1. The largest absolute Gasteiger partial charge is 0.496 e. The van der Waals surface area contributed by atoms with Crippen molar-refractivity contribution in [3.63, 3.8) is 0 Å². The normalized spacial score (nSPS) is 14.0. The SMILES string of the molecule is COc1ccccc1[C@@H](C)N[C@H](c1nc2ccccc2[nH]1)C(C)C. The second-order valence-electron chi connectivity index (χ2n) is 6.49. The number of H-pyrrole nitrogens is 1. The van der Waals surface area contributed by atoms with Gasteiger partial charge >= 0.3 is 0 Å². The van der Waals surface area contributed by atoms with Gasteiger partial charge in [0.2, 0.25) is 0 Å². The van der Waals surface area contributed by atoms with Gasteiger partial charge in [-0.05, 0) is 31.0 Å². The fourth-order valence-corrected chi connectivity index (χ4v) is 3.09. The van der Waals surface area contributed by atoms with Gasteiger partial charge in [0.1, 0.15) is 11.6 Å². The van der Waals surface area contributed by atoms with E-state index in [9.17, 15) is 0 Å². The van der Waals surface area contributed by atoms with Crippen molar-refractivity contribution in [3.05, 3.63) is 59.9 Å². The zero-order chi connectivity index (χ0) is 17.1. The van der Waals surface area contributed by atoms with Crippen LogP contribution >= 0.6 is 0 Å². The van der Waals surface area contributed by atoms with Crippen molar-refractivity contribution >= 4 is 11.0 Å². The Balaban J connectivity index is 1.88. The molecule has 0 fully saturated rings. The molecule has 0 amide bonds. The van der Waals surface area contributed by atoms with Gasteiger partial charge in [-0.3, -0.25) is 0 Å². The standard InChI is InChI=1S/C20H25N3O/c1-13(2)19(20-22-16-10-6-7-11-17(16)23-20)21-14(3)15-9-5-8-12-18(15)24-4/h5-14,19,21H,1-4H3,(H,22,23)/t14-,19+/m1/s1. The highest BCUT2D eigenvalue weighted by Gasteiger charge is 2.23. The predicted octanol–water partition coefficient (Wildman–Crippen LogP) is 4.62. The third kappa shape index (κ3) is 3.29. The van der Waals surface area contributed by atoms with E-state index in [4.69, 9.17) is 9.72 Å². The van der Waals surface area contributed by atoms with Crippen molar-refractivity contribution in [2.24, 2.45) is 5.92 Å². The van der Waals surface area contributed by atoms with E-state index in [1.165, 1.54) is 0 Å². The summed E-state index contributed by atoms with van der Waals surface area (Å²) in [7, 11) is 1.71. The van der Waals surface area contributed by atoms with Crippen molar-refractivity contribution < 1.29 is 4.74 Å². The van der Waals surface area contributed by atoms with Crippen LogP contribution in [0.25, 0.3) is 11.0 Å². The Labute approximate surface area is 143 Å². The van der Waals surface area contributed by atoms with Crippen LogP contribution in [0.5, 0.6) is 5.75 Å².